The van der Waals surface area contributed by atoms with Crippen LogP contribution in [0.4, 0.5) is 5.69 Å². The Hall–Kier alpha value is -3.94. The van der Waals surface area contributed by atoms with Gasteiger partial charge in [0.25, 0.3) is 15.9 Å². The molecule has 0 bridgehead atoms. The Morgan fingerprint density at radius 3 is 1.79 bits per heavy atom. The number of nitrogens with zero attached hydrogens (tertiary/aromatic N) is 1. The SMILES string of the molecule is O=C(Oc1ccc(N(C(=O)c2ccccc2)S(=O)(=O)c2ccccc2)cc1Cl)c1ccccc1. The second kappa shape index (κ2) is 9.91. The predicted octanol–water partition coefficient (Wildman–Crippen LogP) is 5.59. The van der Waals surface area contributed by atoms with Gasteiger partial charge in [0.1, 0.15) is 5.75 Å². The number of hydrogen-bond acceptors (Lipinski definition) is 5. The Bertz CT molecular complexity index is 1430. The molecule has 0 saturated heterocycles. The lowest BCUT2D eigenvalue weighted by atomic mass is 10.2. The van der Waals surface area contributed by atoms with Gasteiger partial charge in [-0.1, -0.05) is 66.2 Å². The lowest BCUT2D eigenvalue weighted by Gasteiger charge is -2.23. The van der Waals surface area contributed by atoms with Gasteiger partial charge in [0, 0.05) is 5.56 Å². The Morgan fingerprint density at radius 1 is 0.706 bits per heavy atom. The van der Waals surface area contributed by atoms with Gasteiger partial charge in [-0.15, -0.1) is 0 Å². The summed E-state index contributed by atoms with van der Waals surface area (Å²) in [5.41, 5.74) is 0.509. The van der Waals surface area contributed by atoms with Crippen LogP contribution in [0, 0.1) is 0 Å². The smallest absolute Gasteiger partial charge is 0.343 e. The number of esters is 1. The molecule has 0 unspecified atom stereocenters. The third-order valence-electron chi connectivity index (χ3n) is 4.85. The van der Waals surface area contributed by atoms with Gasteiger partial charge in [-0.3, -0.25) is 4.79 Å². The lowest BCUT2D eigenvalue weighted by molar-refractivity contribution is 0.0734. The van der Waals surface area contributed by atoms with E-state index in [2.05, 4.69) is 0 Å². The van der Waals surface area contributed by atoms with Crippen molar-refractivity contribution < 1.29 is 22.7 Å². The zero-order valence-electron chi connectivity index (χ0n) is 17.7. The van der Waals surface area contributed by atoms with Gasteiger partial charge in [-0.05, 0) is 54.6 Å². The van der Waals surface area contributed by atoms with E-state index in [0.29, 0.717) is 9.87 Å². The van der Waals surface area contributed by atoms with Crippen LogP contribution in [-0.4, -0.2) is 20.3 Å². The molecule has 4 aromatic rings. The minimum atomic E-state index is -4.28. The van der Waals surface area contributed by atoms with Crippen molar-refractivity contribution in [1.82, 2.24) is 0 Å². The molecule has 0 N–H and O–H groups in total. The quantitative estimate of drug-likeness (QED) is 0.259. The van der Waals surface area contributed by atoms with Crippen LogP contribution < -0.4 is 9.04 Å². The van der Waals surface area contributed by atoms with E-state index in [0.717, 1.165) is 0 Å². The average Bonchev–Trinajstić information content (AvgIpc) is 2.87. The second-order valence-electron chi connectivity index (χ2n) is 7.12. The molecule has 34 heavy (non-hydrogen) atoms. The molecule has 0 aliphatic carbocycles. The van der Waals surface area contributed by atoms with Crippen LogP contribution in [0.15, 0.2) is 114 Å². The van der Waals surface area contributed by atoms with Gasteiger partial charge in [0.15, 0.2) is 0 Å². The first kappa shape index (κ1) is 23.2. The number of anilines is 1. The van der Waals surface area contributed by atoms with E-state index < -0.39 is 21.9 Å². The van der Waals surface area contributed by atoms with Crippen molar-refractivity contribution in [2.75, 3.05) is 4.31 Å². The number of hydrogen-bond donors (Lipinski definition) is 0. The van der Waals surface area contributed by atoms with Crippen molar-refractivity contribution in [3.63, 3.8) is 0 Å². The van der Waals surface area contributed by atoms with E-state index in [4.69, 9.17) is 16.3 Å². The zero-order valence-corrected chi connectivity index (χ0v) is 19.2. The van der Waals surface area contributed by atoms with Crippen molar-refractivity contribution in [3.8, 4) is 5.75 Å². The van der Waals surface area contributed by atoms with Crippen molar-refractivity contribution in [3.05, 3.63) is 125 Å². The number of rotatable bonds is 6. The Balaban J connectivity index is 1.74. The van der Waals surface area contributed by atoms with Crippen LogP contribution in [0.5, 0.6) is 5.75 Å². The summed E-state index contributed by atoms with van der Waals surface area (Å²) in [6.07, 6.45) is 0. The maximum absolute atomic E-state index is 13.5. The first-order valence-corrected chi connectivity index (χ1v) is 12.0. The summed E-state index contributed by atoms with van der Waals surface area (Å²) < 4.78 is 33.0. The molecule has 4 rings (SSSR count). The van der Waals surface area contributed by atoms with Crippen LogP contribution in [-0.2, 0) is 10.0 Å². The van der Waals surface area contributed by atoms with Gasteiger partial charge in [0.05, 0.1) is 21.2 Å². The summed E-state index contributed by atoms with van der Waals surface area (Å²) in [7, 11) is -4.28. The highest BCUT2D eigenvalue weighted by molar-refractivity contribution is 7.93. The van der Waals surface area contributed by atoms with Gasteiger partial charge in [0.2, 0.25) is 0 Å². The predicted molar refractivity (Wildman–Crippen MR) is 130 cm³/mol. The molecule has 0 aliphatic rings. The lowest BCUT2D eigenvalue weighted by Crippen LogP contribution is -2.37. The molecule has 0 aliphatic heterocycles. The maximum atomic E-state index is 13.5. The molecular formula is C26H18ClNO5S. The Kier molecular flexibility index (Phi) is 6.77. The van der Waals surface area contributed by atoms with Gasteiger partial charge in [-0.2, -0.15) is 4.31 Å². The van der Waals surface area contributed by atoms with Gasteiger partial charge < -0.3 is 4.74 Å². The van der Waals surface area contributed by atoms with Crippen LogP contribution in [0.1, 0.15) is 20.7 Å². The molecule has 170 valence electrons. The summed E-state index contributed by atoms with van der Waals surface area (Å²) in [5, 5.41) is -0.0316. The van der Waals surface area contributed by atoms with Gasteiger partial charge >= 0.3 is 5.97 Å². The van der Waals surface area contributed by atoms with E-state index in [1.54, 1.807) is 66.7 Å². The van der Waals surface area contributed by atoms with E-state index in [1.807, 2.05) is 0 Å². The molecular weight excluding hydrogens is 474 g/mol. The summed E-state index contributed by atoms with van der Waals surface area (Å²) >= 11 is 6.34. The molecule has 8 heteroatoms. The highest BCUT2D eigenvalue weighted by atomic mass is 35.5. The normalized spacial score (nSPS) is 11.0. The topological polar surface area (TPSA) is 80.8 Å². The molecule has 0 atom stereocenters. The first-order valence-electron chi connectivity index (χ1n) is 10.1. The van der Waals surface area contributed by atoms with E-state index in [-0.39, 0.29) is 26.9 Å². The maximum Gasteiger partial charge on any atom is 0.343 e. The van der Waals surface area contributed by atoms with E-state index >= 15 is 0 Å². The van der Waals surface area contributed by atoms with Crippen molar-refractivity contribution in [1.29, 1.82) is 0 Å². The van der Waals surface area contributed by atoms with Gasteiger partial charge in [-0.25, -0.2) is 13.2 Å². The standard InChI is InChI=1S/C26H18ClNO5S/c27-23-18-21(16-17-24(23)33-26(30)20-12-6-2-7-13-20)28(25(29)19-10-4-1-5-11-19)34(31,32)22-14-8-3-9-15-22/h1-18H. The molecule has 0 spiro atoms. The molecule has 0 heterocycles. The minimum Gasteiger partial charge on any atom is -0.421 e. The summed E-state index contributed by atoms with van der Waals surface area (Å²) in [6, 6.07) is 28.0. The summed E-state index contributed by atoms with van der Waals surface area (Å²) in [5.74, 6) is -1.34. The van der Waals surface area contributed by atoms with Crippen LogP contribution in [0.2, 0.25) is 5.02 Å². The molecule has 0 radical (unpaired) electrons. The molecule has 0 aromatic heterocycles. The van der Waals surface area contributed by atoms with E-state index in [9.17, 15) is 18.0 Å². The van der Waals surface area contributed by atoms with Crippen LogP contribution in [0.3, 0.4) is 0 Å². The highest BCUT2D eigenvalue weighted by Gasteiger charge is 2.32. The highest BCUT2D eigenvalue weighted by Crippen LogP contribution is 2.33. The fraction of sp³-hybridized carbons (Fsp3) is 0. The second-order valence-corrected chi connectivity index (χ2v) is 9.32. The van der Waals surface area contributed by atoms with E-state index in [1.165, 1.54) is 42.5 Å². The molecule has 4 aromatic carbocycles. The Labute approximate surface area is 202 Å². The average molecular weight is 492 g/mol. The summed E-state index contributed by atoms with van der Waals surface area (Å²) in [4.78, 5) is 25.7. The van der Waals surface area contributed by atoms with Crippen molar-refractivity contribution in [2.45, 2.75) is 4.90 Å². The Morgan fingerprint density at radius 2 is 1.24 bits per heavy atom. The summed E-state index contributed by atoms with van der Waals surface area (Å²) in [6.45, 7) is 0. The number of carbonyl (C=O) groups excluding carboxylic acids is 2. The first-order chi connectivity index (χ1) is 16.4. The number of benzene rings is 4. The van der Waals surface area contributed by atoms with Crippen molar-refractivity contribution in [2.24, 2.45) is 0 Å². The fourth-order valence-corrected chi connectivity index (χ4v) is 4.83. The number of halogens is 1. The number of sulfonamides is 1. The zero-order chi connectivity index (χ0) is 24.1. The molecule has 0 fully saturated rings. The van der Waals surface area contributed by atoms with Crippen molar-refractivity contribution >= 4 is 39.2 Å². The fourth-order valence-electron chi connectivity index (χ4n) is 3.19. The molecule has 1 amide bonds. The third-order valence-corrected chi connectivity index (χ3v) is 6.87. The third kappa shape index (κ3) is 4.85. The monoisotopic (exact) mass is 491 g/mol. The largest absolute Gasteiger partial charge is 0.421 e. The van der Waals surface area contributed by atoms with Crippen LogP contribution in [0.25, 0.3) is 0 Å². The number of amides is 1. The molecule has 6 nitrogen and oxygen atoms in total. The van der Waals surface area contributed by atoms with Crippen LogP contribution >= 0.6 is 11.6 Å². The minimum absolute atomic E-state index is 0.00205. The number of carbonyl (C=O) groups is 2. The number of ether oxygens (including phenoxy) is 1. The molecule has 0 saturated carbocycles.